The van der Waals surface area contributed by atoms with Gasteiger partial charge in [0.05, 0.1) is 22.3 Å². The van der Waals surface area contributed by atoms with Crippen molar-refractivity contribution in [3.05, 3.63) is 15.9 Å². The molecule has 118 valence electrons. The van der Waals surface area contributed by atoms with Gasteiger partial charge in [-0.3, -0.25) is 14.4 Å². The van der Waals surface area contributed by atoms with Gasteiger partial charge in [0.1, 0.15) is 0 Å². The van der Waals surface area contributed by atoms with Crippen LogP contribution in [0.5, 0.6) is 0 Å². The highest BCUT2D eigenvalue weighted by Crippen LogP contribution is 2.37. The number of hydrogen-bond acceptors (Lipinski definition) is 3. The van der Waals surface area contributed by atoms with Crippen LogP contribution in [0.15, 0.2) is 4.47 Å². The fourth-order valence-electron chi connectivity index (χ4n) is 3.43. The lowest BCUT2D eigenvalue weighted by molar-refractivity contribution is -0.141. The van der Waals surface area contributed by atoms with E-state index in [0.717, 1.165) is 41.5 Å². The summed E-state index contributed by atoms with van der Waals surface area (Å²) in [6.07, 6.45) is 5.59. The van der Waals surface area contributed by atoms with E-state index in [-0.39, 0.29) is 12.0 Å². The lowest BCUT2D eigenvalue weighted by atomic mass is 9.78. The molecule has 1 aliphatic rings. The molecule has 1 saturated carbocycles. The van der Waals surface area contributed by atoms with Gasteiger partial charge in [0.15, 0.2) is 0 Å². The number of hydrogen-bond donors (Lipinski definition) is 1. The van der Waals surface area contributed by atoms with Gasteiger partial charge in [-0.1, -0.05) is 19.3 Å². The van der Waals surface area contributed by atoms with Gasteiger partial charge in [-0.05, 0) is 42.7 Å². The molecule has 0 unspecified atom stereocenters. The second-order valence-electron chi connectivity index (χ2n) is 6.18. The molecule has 0 aliphatic heterocycles. The number of carboxylic acids is 1. The van der Waals surface area contributed by atoms with Crippen LogP contribution in [-0.4, -0.2) is 38.3 Å². The molecule has 0 spiro atoms. The SMILES string of the molecule is Cc1nn(C)c(CN(C)C2(CC(=O)O)CCCCC2)c1Br. The largest absolute Gasteiger partial charge is 0.481 e. The Morgan fingerprint density at radius 2 is 2.05 bits per heavy atom. The Labute approximate surface area is 134 Å². The van der Waals surface area contributed by atoms with E-state index >= 15 is 0 Å². The van der Waals surface area contributed by atoms with Crippen LogP contribution < -0.4 is 0 Å². The maximum atomic E-state index is 11.3. The number of aryl methyl sites for hydroxylation is 2. The number of aliphatic carboxylic acids is 1. The molecule has 1 heterocycles. The highest BCUT2D eigenvalue weighted by atomic mass is 79.9. The lowest BCUT2D eigenvalue weighted by Crippen LogP contribution is -2.49. The van der Waals surface area contributed by atoms with E-state index in [4.69, 9.17) is 0 Å². The average molecular weight is 358 g/mol. The van der Waals surface area contributed by atoms with E-state index in [1.165, 1.54) is 6.42 Å². The smallest absolute Gasteiger partial charge is 0.305 e. The van der Waals surface area contributed by atoms with Crippen molar-refractivity contribution in [2.45, 2.75) is 57.5 Å². The quantitative estimate of drug-likeness (QED) is 0.879. The highest BCUT2D eigenvalue weighted by Gasteiger charge is 2.38. The monoisotopic (exact) mass is 357 g/mol. The van der Waals surface area contributed by atoms with Gasteiger partial charge in [-0.25, -0.2) is 0 Å². The van der Waals surface area contributed by atoms with Gasteiger partial charge >= 0.3 is 5.97 Å². The second-order valence-corrected chi connectivity index (χ2v) is 6.97. The van der Waals surface area contributed by atoms with Gasteiger partial charge < -0.3 is 5.11 Å². The van der Waals surface area contributed by atoms with Crippen molar-refractivity contribution < 1.29 is 9.90 Å². The van der Waals surface area contributed by atoms with Gasteiger partial charge in [-0.15, -0.1) is 0 Å². The first-order chi connectivity index (χ1) is 9.85. The number of rotatable bonds is 5. The van der Waals surface area contributed by atoms with Gasteiger partial charge in [0, 0.05) is 19.1 Å². The topological polar surface area (TPSA) is 58.4 Å². The molecular weight excluding hydrogens is 334 g/mol. The molecule has 21 heavy (non-hydrogen) atoms. The molecule has 0 atom stereocenters. The first kappa shape index (κ1) is 16.5. The van der Waals surface area contributed by atoms with E-state index in [1.54, 1.807) is 0 Å². The normalized spacial score (nSPS) is 18.1. The van der Waals surface area contributed by atoms with Crippen LogP contribution in [0.25, 0.3) is 0 Å². The number of halogens is 1. The van der Waals surface area contributed by atoms with Crippen LogP contribution in [0.3, 0.4) is 0 Å². The fraction of sp³-hybridized carbons (Fsp3) is 0.733. The Balaban J connectivity index is 2.22. The summed E-state index contributed by atoms with van der Waals surface area (Å²) in [6, 6.07) is 0. The maximum absolute atomic E-state index is 11.3. The molecule has 6 heteroatoms. The van der Waals surface area contributed by atoms with Crippen LogP contribution in [0.2, 0.25) is 0 Å². The molecule has 5 nitrogen and oxygen atoms in total. The zero-order valence-corrected chi connectivity index (χ0v) is 14.6. The molecule has 1 N–H and O–H groups in total. The van der Waals surface area contributed by atoms with E-state index in [0.29, 0.717) is 6.54 Å². The molecule has 0 bridgehead atoms. The molecule has 1 fully saturated rings. The number of carbonyl (C=O) groups is 1. The second kappa shape index (κ2) is 6.48. The lowest BCUT2D eigenvalue weighted by Gasteiger charge is -2.44. The zero-order valence-electron chi connectivity index (χ0n) is 13.0. The van der Waals surface area contributed by atoms with E-state index < -0.39 is 5.97 Å². The molecule has 0 amide bonds. The maximum Gasteiger partial charge on any atom is 0.305 e. The predicted octanol–water partition coefficient (Wildman–Crippen LogP) is 3.10. The van der Waals surface area contributed by atoms with Crippen molar-refractivity contribution >= 4 is 21.9 Å². The van der Waals surface area contributed by atoms with Gasteiger partial charge in [0.25, 0.3) is 0 Å². The molecular formula is C15H24BrN3O2. The summed E-state index contributed by atoms with van der Waals surface area (Å²) in [5.74, 6) is -0.705. The minimum atomic E-state index is -0.705. The van der Waals surface area contributed by atoms with Crippen molar-refractivity contribution in [3.63, 3.8) is 0 Å². The van der Waals surface area contributed by atoms with Crippen LogP contribution >= 0.6 is 15.9 Å². The molecule has 0 radical (unpaired) electrons. The highest BCUT2D eigenvalue weighted by molar-refractivity contribution is 9.10. The summed E-state index contributed by atoms with van der Waals surface area (Å²) in [7, 11) is 3.98. The summed E-state index contributed by atoms with van der Waals surface area (Å²) in [5, 5.41) is 13.7. The number of aromatic nitrogens is 2. The average Bonchev–Trinajstić information content (AvgIpc) is 2.65. The van der Waals surface area contributed by atoms with Gasteiger partial charge in [0.2, 0.25) is 0 Å². The Morgan fingerprint density at radius 3 is 2.52 bits per heavy atom. The molecule has 0 saturated heterocycles. The Kier molecular flexibility index (Phi) is 5.09. The Hall–Kier alpha value is -0.880. The summed E-state index contributed by atoms with van der Waals surface area (Å²) < 4.78 is 2.91. The first-order valence-electron chi connectivity index (χ1n) is 7.47. The number of nitrogens with zero attached hydrogens (tertiary/aromatic N) is 3. The van der Waals surface area contributed by atoms with Crippen molar-refractivity contribution in [2.24, 2.45) is 7.05 Å². The summed E-state index contributed by atoms with van der Waals surface area (Å²) in [6.45, 7) is 2.69. The summed E-state index contributed by atoms with van der Waals surface area (Å²) in [5.41, 5.74) is 1.85. The van der Waals surface area contributed by atoms with E-state index in [1.807, 2.05) is 25.7 Å². The number of carboxylic acid groups (broad SMARTS) is 1. The van der Waals surface area contributed by atoms with Gasteiger partial charge in [-0.2, -0.15) is 5.10 Å². The third-order valence-electron chi connectivity index (χ3n) is 4.72. The standard InChI is InChI=1S/C15H24BrN3O2/c1-11-14(16)12(19(3)17-11)10-18(2)15(9-13(20)21)7-5-4-6-8-15/h4-10H2,1-3H3,(H,20,21). The predicted molar refractivity (Wildman–Crippen MR) is 85.2 cm³/mol. The minimum Gasteiger partial charge on any atom is -0.481 e. The molecule has 1 aliphatic carbocycles. The van der Waals surface area contributed by atoms with Crippen molar-refractivity contribution in [3.8, 4) is 0 Å². The molecule has 0 aromatic carbocycles. The van der Waals surface area contributed by atoms with Crippen molar-refractivity contribution in [2.75, 3.05) is 7.05 Å². The first-order valence-corrected chi connectivity index (χ1v) is 8.26. The Bertz CT molecular complexity index is 521. The van der Waals surface area contributed by atoms with Crippen LogP contribution in [0.4, 0.5) is 0 Å². The van der Waals surface area contributed by atoms with E-state index in [9.17, 15) is 9.90 Å². The third kappa shape index (κ3) is 3.48. The molecule has 1 aromatic heterocycles. The summed E-state index contributed by atoms with van der Waals surface area (Å²) in [4.78, 5) is 13.5. The summed E-state index contributed by atoms with van der Waals surface area (Å²) >= 11 is 3.60. The van der Waals surface area contributed by atoms with Crippen LogP contribution in [0.1, 0.15) is 49.9 Å². The van der Waals surface area contributed by atoms with Crippen LogP contribution in [0, 0.1) is 6.92 Å². The van der Waals surface area contributed by atoms with Crippen molar-refractivity contribution in [1.82, 2.24) is 14.7 Å². The fourth-order valence-corrected chi connectivity index (χ4v) is 3.89. The van der Waals surface area contributed by atoms with E-state index in [2.05, 4.69) is 25.9 Å². The minimum absolute atomic E-state index is 0.220. The Morgan fingerprint density at radius 1 is 1.43 bits per heavy atom. The molecule has 1 aromatic rings. The molecule has 2 rings (SSSR count). The zero-order chi connectivity index (χ0) is 15.6. The van der Waals surface area contributed by atoms with Crippen LogP contribution in [-0.2, 0) is 18.4 Å². The van der Waals surface area contributed by atoms with Crippen molar-refractivity contribution in [1.29, 1.82) is 0 Å². The third-order valence-corrected chi connectivity index (χ3v) is 5.75.